The first-order chi connectivity index (χ1) is 11.3. The van der Waals surface area contributed by atoms with E-state index in [0.717, 1.165) is 0 Å². The highest BCUT2D eigenvalue weighted by Gasteiger charge is 2.22. The first kappa shape index (κ1) is 17.4. The highest BCUT2D eigenvalue weighted by atomic mass is 35.5. The van der Waals surface area contributed by atoms with Crippen LogP contribution in [0.15, 0.2) is 54.2 Å². The van der Waals surface area contributed by atoms with Gasteiger partial charge in [-0.15, -0.1) is 0 Å². The monoisotopic (exact) mass is 344 g/mol. The molecule has 0 aliphatic carbocycles. The number of rotatable bonds is 6. The summed E-state index contributed by atoms with van der Waals surface area (Å²) < 4.78 is 0. The summed E-state index contributed by atoms with van der Waals surface area (Å²) in [5, 5.41) is 21.7. The Morgan fingerprint density at radius 2 is 1.71 bits per heavy atom. The fraction of sp³-hybridized carbons (Fsp3) is 0.0588. The number of nitrogens with zero attached hydrogens (tertiary/aromatic N) is 1. The van der Waals surface area contributed by atoms with Crippen LogP contribution in [0.25, 0.3) is 5.57 Å². The van der Waals surface area contributed by atoms with Crippen molar-refractivity contribution in [3.63, 3.8) is 0 Å². The molecule has 0 saturated heterocycles. The molecule has 24 heavy (non-hydrogen) atoms. The number of carboxylic acid groups (broad SMARTS) is 1. The maximum absolute atomic E-state index is 12.5. The van der Waals surface area contributed by atoms with E-state index in [1.54, 1.807) is 0 Å². The van der Waals surface area contributed by atoms with Gasteiger partial charge in [0.05, 0.1) is 10.6 Å². The second-order valence-corrected chi connectivity index (χ2v) is 5.37. The number of aliphatic carboxylic acids is 1. The zero-order valence-corrected chi connectivity index (χ0v) is 13.1. The number of phenols is 1. The van der Waals surface area contributed by atoms with Gasteiger partial charge in [0.1, 0.15) is 5.75 Å². The Morgan fingerprint density at radius 1 is 1.12 bits per heavy atom. The number of hydrogen-bond acceptors (Lipinski definition) is 5. The normalized spacial score (nSPS) is 11.5. The van der Waals surface area contributed by atoms with Gasteiger partial charge in [-0.1, -0.05) is 42.4 Å². The van der Waals surface area contributed by atoms with Crippen LogP contribution in [0.3, 0.4) is 0 Å². The van der Waals surface area contributed by atoms with Crippen molar-refractivity contribution in [2.45, 2.75) is 6.04 Å². The second kappa shape index (κ2) is 7.06. The molecule has 0 saturated carbocycles. The van der Waals surface area contributed by atoms with Crippen molar-refractivity contribution in [3.05, 3.63) is 70.8 Å². The van der Waals surface area contributed by atoms with E-state index < -0.39 is 17.8 Å². The molecule has 1 atom stereocenters. The summed E-state index contributed by atoms with van der Waals surface area (Å²) in [6, 6.07) is 8.94. The number of aromatic hydroxyl groups is 1. The van der Waals surface area contributed by atoms with E-state index in [4.69, 9.17) is 22.2 Å². The third kappa shape index (κ3) is 3.49. The zero-order valence-electron chi connectivity index (χ0n) is 12.4. The minimum Gasteiger partial charge on any atom is -0.506 e. The van der Waals surface area contributed by atoms with Gasteiger partial charge in [0.2, 0.25) is 0 Å². The molecule has 0 bridgehead atoms. The third-order valence-electron chi connectivity index (χ3n) is 3.44. The topological polar surface area (TPSA) is 111 Å². The molecule has 0 spiro atoms. The molecule has 0 fully saturated rings. The lowest BCUT2D eigenvalue weighted by molar-refractivity contribution is -0.130. The van der Waals surface area contributed by atoms with Gasteiger partial charge in [-0.2, -0.15) is 5.11 Å². The molecule has 0 radical (unpaired) electrons. The van der Waals surface area contributed by atoms with Crippen molar-refractivity contribution >= 4 is 28.9 Å². The van der Waals surface area contributed by atoms with E-state index >= 15 is 0 Å². The Balaban J connectivity index is 2.32. The van der Waals surface area contributed by atoms with Crippen LogP contribution in [-0.2, 0) is 4.79 Å². The van der Waals surface area contributed by atoms with Gasteiger partial charge < -0.3 is 10.2 Å². The van der Waals surface area contributed by atoms with Crippen LogP contribution in [0.1, 0.15) is 27.5 Å². The molecule has 122 valence electrons. The number of nitrogens with one attached hydrogen (secondary N) is 1. The fourth-order valence-corrected chi connectivity index (χ4v) is 2.27. The molecule has 0 amide bonds. The number of Topliss-reactive ketones (excluding diaryl/α,β-unsaturated/α-hetero) is 1. The molecular formula is C17H13ClN2O4. The average Bonchev–Trinajstić information content (AvgIpc) is 2.57. The van der Waals surface area contributed by atoms with Crippen molar-refractivity contribution in [1.29, 1.82) is 5.53 Å². The van der Waals surface area contributed by atoms with Crippen LogP contribution in [0, 0.1) is 5.53 Å². The summed E-state index contributed by atoms with van der Waals surface area (Å²) >= 11 is 5.79. The van der Waals surface area contributed by atoms with E-state index in [-0.39, 0.29) is 21.9 Å². The van der Waals surface area contributed by atoms with E-state index in [1.807, 2.05) is 0 Å². The Hall–Kier alpha value is -2.99. The minimum absolute atomic E-state index is 0.0256. The van der Waals surface area contributed by atoms with Gasteiger partial charge in [0.25, 0.3) is 0 Å². The minimum atomic E-state index is -1.14. The highest BCUT2D eigenvalue weighted by Crippen LogP contribution is 2.28. The lowest BCUT2D eigenvalue weighted by Gasteiger charge is -2.11. The van der Waals surface area contributed by atoms with E-state index in [2.05, 4.69) is 11.7 Å². The van der Waals surface area contributed by atoms with Crippen LogP contribution in [0.2, 0.25) is 5.02 Å². The Labute approximate surface area is 142 Å². The number of ketones is 1. The Bertz CT molecular complexity index is 831. The number of phenolic OH excluding ortho intramolecular Hbond substituents is 1. The van der Waals surface area contributed by atoms with Crippen molar-refractivity contribution in [2.24, 2.45) is 5.11 Å². The van der Waals surface area contributed by atoms with Gasteiger partial charge >= 0.3 is 5.97 Å². The van der Waals surface area contributed by atoms with E-state index in [0.29, 0.717) is 11.1 Å². The standard InChI is InChI=1S/C17H13ClN2O4/c1-9(17(23)24)10-2-4-11(5-3-10)15(20-19)16(22)12-6-7-14(21)13(18)8-12/h2-8,15,19,21H,1H2,(H,23,24). The second-order valence-electron chi connectivity index (χ2n) is 4.97. The predicted molar refractivity (Wildman–Crippen MR) is 88.4 cm³/mol. The lowest BCUT2D eigenvalue weighted by atomic mass is 9.96. The van der Waals surface area contributed by atoms with Crippen LogP contribution in [0.4, 0.5) is 0 Å². The number of carbonyl (C=O) groups excluding carboxylic acids is 1. The van der Waals surface area contributed by atoms with Gasteiger partial charge in [-0.3, -0.25) is 4.79 Å². The molecular weight excluding hydrogens is 332 g/mol. The zero-order chi connectivity index (χ0) is 17.9. The maximum atomic E-state index is 12.5. The average molecular weight is 345 g/mol. The van der Waals surface area contributed by atoms with Crippen LogP contribution < -0.4 is 0 Å². The largest absolute Gasteiger partial charge is 0.506 e. The molecule has 7 heteroatoms. The molecule has 2 aromatic carbocycles. The maximum Gasteiger partial charge on any atom is 0.335 e. The summed E-state index contributed by atoms with van der Waals surface area (Å²) in [6.07, 6.45) is 0. The molecule has 1 unspecified atom stereocenters. The predicted octanol–water partition coefficient (Wildman–Crippen LogP) is 4.10. The number of carbonyl (C=O) groups is 2. The molecule has 2 aromatic rings. The van der Waals surface area contributed by atoms with Gasteiger partial charge in [0.15, 0.2) is 11.8 Å². The highest BCUT2D eigenvalue weighted by molar-refractivity contribution is 6.32. The molecule has 0 aliphatic rings. The third-order valence-corrected chi connectivity index (χ3v) is 3.75. The molecule has 6 nitrogen and oxygen atoms in total. The summed E-state index contributed by atoms with van der Waals surface area (Å²) in [5.41, 5.74) is 8.25. The SMILES string of the molecule is C=C(C(=O)O)c1ccc(C(N=N)C(=O)c2ccc(O)c(Cl)c2)cc1. The van der Waals surface area contributed by atoms with Gasteiger partial charge in [-0.25, -0.2) is 10.3 Å². The summed E-state index contributed by atoms with van der Waals surface area (Å²) in [4.78, 5) is 23.4. The van der Waals surface area contributed by atoms with Crippen LogP contribution >= 0.6 is 11.6 Å². The first-order valence-corrected chi connectivity index (χ1v) is 7.14. The van der Waals surface area contributed by atoms with Crippen molar-refractivity contribution in [1.82, 2.24) is 0 Å². The Kier molecular flexibility index (Phi) is 5.11. The molecule has 2 rings (SSSR count). The quantitative estimate of drug-likeness (QED) is 0.416. The smallest absolute Gasteiger partial charge is 0.335 e. The van der Waals surface area contributed by atoms with Crippen molar-refractivity contribution < 1.29 is 19.8 Å². The molecule has 0 aromatic heterocycles. The Morgan fingerprint density at radius 3 is 2.21 bits per heavy atom. The lowest BCUT2D eigenvalue weighted by Crippen LogP contribution is -2.10. The van der Waals surface area contributed by atoms with Crippen LogP contribution in [-0.4, -0.2) is 22.0 Å². The number of halogens is 1. The van der Waals surface area contributed by atoms with Gasteiger partial charge in [-0.05, 0) is 29.3 Å². The van der Waals surface area contributed by atoms with Gasteiger partial charge in [0, 0.05) is 5.56 Å². The molecule has 3 N–H and O–H groups in total. The fourth-order valence-electron chi connectivity index (χ4n) is 2.09. The molecule has 0 aliphatic heterocycles. The van der Waals surface area contributed by atoms with E-state index in [9.17, 15) is 14.7 Å². The number of hydrogen-bond donors (Lipinski definition) is 3. The van der Waals surface area contributed by atoms with Crippen molar-refractivity contribution in [2.75, 3.05) is 0 Å². The summed E-state index contributed by atoms with van der Waals surface area (Å²) in [5.74, 6) is -1.75. The number of benzene rings is 2. The van der Waals surface area contributed by atoms with Crippen LogP contribution in [0.5, 0.6) is 5.75 Å². The molecule has 0 heterocycles. The van der Waals surface area contributed by atoms with E-state index in [1.165, 1.54) is 42.5 Å². The summed E-state index contributed by atoms with van der Waals surface area (Å²) in [6.45, 7) is 3.45. The summed E-state index contributed by atoms with van der Waals surface area (Å²) in [7, 11) is 0. The van der Waals surface area contributed by atoms with Crippen molar-refractivity contribution in [3.8, 4) is 5.75 Å². The number of carboxylic acids is 1. The first-order valence-electron chi connectivity index (χ1n) is 6.77.